The van der Waals surface area contributed by atoms with E-state index in [2.05, 4.69) is 15.5 Å². The molecule has 0 saturated carbocycles. The Kier molecular flexibility index (Phi) is 10.2. The Morgan fingerprint density at radius 1 is 1.11 bits per heavy atom. The number of piperazine rings is 1. The van der Waals surface area contributed by atoms with Gasteiger partial charge in [-0.15, -0.1) is 24.8 Å². The van der Waals surface area contributed by atoms with Gasteiger partial charge in [0.05, 0.1) is 6.54 Å². The fourth-order valence-corrected chi connectivity index (χ4v) is 3.82. The van der Waals surface area contributed by atoms with Gasteiger partial charge < -0.3 is 15.5 Å². The first kappa shape index (κ1) is 24.7. The van der Waals surface area contributed by atoms with E-state index in [4.69, 9.17) is 0 Å². The molecule has 2 aliphatic rings. The van der Waals surface area contributed by atoms with Crippen LogP contribution in [0.5, 0.6) is 0 Å². The summed E-state index contributed by atoms with van der Waals surface area (Å²) < 4.78 is 0. The molecule has 0 radical (unpaired) electrons. The first-order valence-corrected chi connectivity index (χ1v) is 9.62. The molecule has 2 N–H and O–H groups in total. The zero-order valence-corrected chi connectivity index (χ0v) is 18.3. The molecule has 0 spiro atoms. The van der Waals surface area contributed by atoms with Gasteiger partial charge in [-0.05, 0) is 44.4 Å². The van der Waals surface area contributed by atoms with E-state index in [1.165, 1.54) is 6.42 Å². The molecule has 8 heteroatoms. The number of hydrogen-bond donors (Lipinski definition) is 2. The summed E-state index contributed by atoms with van der Waals surface area (Å²) in [6.45, 7) is 8.35. The lowest BCUT2D eigenvalue weighted by molar-refractivity contribution is -0.133. The highest BCUT2D eigenvalue weighted by Gasteiger charge is 2.25. The van der Waals surface area contributed by atoms with Crippen LogP contribution in [0.15, 0.2) is 18.2 Å². The van der Waals surface area contributed by atoms with Gasteiger partial charge in [0, 0.05) is 44.3 Å². The second-order valence-corrected chi connectivity index (χ2v) is 7.47. The van der Waals surface area contributed by atoms with Crippen LogP contribution in [0.25, 0.3) is 0 Å². The molecular weight excluding hydrogens is 399 g/mol. The third kappa shape index (κ3) is 6.62. The molecule has 2 fully saturated rings. The quantitative estimate of drug-likeness (QED) is 0.752. The molecule has 6 nitrogen and oxygen atoms in total. The van der Waals surface area contributed by atoms with Crippen LogP contribution in [0, 0.1) is 13.8 Å². The van der Waals surface area contributed by atoms with Gasteiger partial charge in [-0.2, -0.15) is 0 Å². The maximum Gasteiger partial charge on any atom is 0.238 e. The molecule has 3 rings (SSSR count). The molecule has 28 heavy (non-hydrogen) atoms. The van der Waals surface area contributed by atoms with E-state index in [1.807, 2.05) is 36.9 Å². The number of benzene rings is 1. The van der Waals surface area contributed by atoms with Crippen molar-refractivity contribution >= 4 is 42.3 Å². The highest BCUT2D eigenvalue weighted by molar-refractivity contribution is 5.93. The Morgan fingerprint density at radius 2 is 1.75 bits per heavy atom. The monoisotopic (exact) mass is 430 g/mol. The molecule has 1 unspecified atom stereocenters. The summed E-state index contributed by atoms with van der Waals surface area (Å²) in [5.74, 6) is 0.251. The van der Waals surface area contributed by atoms with E-state index >= 15 is 0 Å². The number of carbonyl (C=O) groups is 2. The number of amides is 2. The molecular formula is C20H32Cl2N4O2. The summed E-state index contributed by atoms with van der Waals surface area (Å²) in [6, 6.07) is 6.36. The van der Waals surface area contributed by atoms with Gasteiger partial charge in [0.15, 0.2) is 0 Å². The third-order valence-electron chi connectivity index (χ3n) is 5.42. The Morgan fingerprint density at radius 3 is 2.32 bits per heavy atom. The number of nitrogens with one attached hydrogen (secondary N) is 2. The van der Waals surface area contributed by atoms with Crippen molar-refractivity contribution in [2.24, 2.45) is 0 Å². The molecule has 158 valence electrons. The lowest BCUT2D eigenvalue weighted by Crippen LogP contribution is -2.51. The van der Waals surface area contributed by atoms with E-state index in [0.717, 1.165) is 42.9 Å². The van der Waals surface area contributed by atoms with E-state index in [0.29, 0.717) is 32.1 Å². The Balaban J connectivity index is 0.00000196. The predicted molar refractivity (Wildman–Crippen MR) is 118 cm³/mol. The lowest BCUT2D eigenvalue weighted by Gasteiger charge is -2.34. The van der Waals surface area contributed by atoms with Crippen molar-refractivity contribution in [3.8, 4) is 0 Å². The van der Waals surface area contributed by atoms with Crippen molar-refractivity contribution in [1.29, 1.82) is 0 Å². The SMILES string of the molecule is Cc1cccc(C)c1NC(=O)CN1CCN(C(=O)CC2CCCN2)CC1.Cl.Cl. The van der Waals surface area contributed by atoms with Gasteiger partial charge >= 0.3 is 0 Å². The Bertz CT molecular complexity index is 637. The first-order chi connectivity index (χ1) is 12.5. The standard InChI is InChI=1S/C20H30N4O2.2ClH/c1-15-5-3-6-16(2)20(15)22-18(25)14-23-9-11-24(12-10-23)19(26)13-17-7-4-8-21-17;;/h3,5-6,17,21H,4,7-14H2,1-2H3,(H,22,25);2*1H. The number of hydrogen-bond acceptors (Lipinski definition) is 4. The zero-order valence-electron chi connectivity index (χ0n) is 16.7. The topological polar surface area (TPSA) is 64.7 Å². The molecule has 1 aromatic carbocycles. The number of aryl methyl sites for hydroxylation is 2. The van der Waals surface area contributed by atoms with Crippen LogP contribution in [0.4, 0.5) is 5.69 Å². The molecule has 2 amide bonds. The lowest BCUT2D eigenvalue weighted by atomic mass is 10.1. The van der Waals surface area contributed by atoms with Crippen molar-refractivity contribution in [3.05, 3.63) is 29.3 Å². The molecule has 0 bridgehead atoms. The van der Waals surface area contributed by atoms with Crippen molar-refractivity contribution < 1.29 is 9.59 Å². The summed E-state index contributed by atoms with van der Waals surface area (Å²) in [5.41, 5.74) is 3.07. The molecule has 0 aliphatic carbocycles. The van der Waals surface area contributed by atoms with Crippen LogP contribution in [-0.4, -0.2) is 66.9 Å². The molecule has 0 aromatic heterocycles. The van der Waals surface area contributed by atoms with Crippen molar-refractivity contribution in [3.63, 3.8) is 0 Å². The van der Waals surface area contributed by atoms with E-state index < -0.39 is 0 Å². The molecule has 2 heterocycles. The van der Waals surface area contributed by atoms with Crippen LogP contribution >= 0.6 is 24.8 Å². The minimum absolute atomic E-state index is 0. The summed E-state index contributed by atoms with van der Waals surface area (Å²) >= 11 is 0. The largest absolute Gasteiger partial charge is 0.340 e. The fraction of sp³-hybridized carbons (Fsp3) is 0.600. The smallest absolute Gasteiger partial charge is 0.238 e. The van der Waals surface area contributed by atoms with Crippen LogP contribution in [-0.2, 0) is 9.59 Å². The summed E-state index contributed by atoms with van der Waals surface area (Å²) in [7, 11) is 0. The zero-order chi connectivity index (χ0) is 18.5. The minimum atomic E-state index is 0. The predicted octanol–water partition coefficient (Wildman–Crippen LogP) is 2.37. The number of nitrogens with zero attached hydrogens (tertiary/aromatic N) is 2. The highest BCUT2D eigenvalue weighted by atomic mass is 35.5. The van der Waals surface area contributed by atoms with Crippen LogP contribution in [0.1, 0.15) is 30.4 Å². The maximum absolute atomic E-state index is 12.4. The maximum atomic E-state index is 12.4. The van der Waals surface area contributed by atoms with Gasteiger partial charge in [-0.25, -0.2) is 0 Å². The average Bonchev–Trinajstić information content (AvgIpc) is 3.12. The number of carbonyl (C=O) groups excluding carboxylic acids is 2. The Hall–Kier alpha value is -1.34. The summed E-state index contributed by atoms with van der Waals surface area (Å²) in [4.78, 5) is 28.8. The molecule has 2 saturated heterocycles. The Labute approximate surface area is 180 Å². The molecule has 1 aromatic rings. The van der Waals surface area contributed by atoms with Gasteiger partial charge in [0.2, 0.25) is 11.8 Å². The highest BCUT2D eigenvalue weighted by Crippen LogP contribution is 2.19. The second kappa shape index (κ2) is 11.6. The third-order valence-corrected chi connectivity index (χ3v) is 5.42. The minimum Gasteiger partial charge on any atom is -0.340 e. The molecule has 1 atom stereocenters. The van der Waals surface area contributed by atoms with Gasteiger partial charge in [-0.1, -0.05) is 18.2 Å². The number of para-hydroxylation sites is 1. The summed E-state index contributed by atoms with van der Waals surface area (Å²) in [6.07, 6.45) is 2.87. The van der Waals surface area contributed by atoms with Crippen LogP contribution < -0.4 is 10.6 Å². The van der Waals surface area contributed by atoms with Gasteiger partial charge in [-0.3, -0.25) is 14.5 Å². The van der Waals surface area contributed by atoms with Crippen LogP contribution in [0.3, 0.4) is 0 Å². The van der Waals surface area contributed by atoms with Gasteiger partial charge in [0.1, 0.15) is 0 Å². The first-order valence-electron chi connectivity index (χ1n) is 9.62. The molecule has 2 aliphatic heterocycles. The number of halogens is 2. The van der Waals surface area contributed by atoms with Crippen molar-refractivity contribution in [1.82, 2.24) is 15.1 Å². The number of rotatable bonds is 5. The normalized spacial score (nSPS) is 19.5. The van der Waals surface area contributed by atoms with Crippen LogP contribution in [0.2, 0.25) is 0 Å². The van der Waals surface area contributed by atoms with E-state index in [-0.39, 0.29) is 36.6 Å². The van der Waals surface area contributed by atoms with Crippen molar-refractivity contribution in [2.45, 2.75) is 39.2 Å². The van der Waals surface area contributed by atoms with E-state index in [1.54, 1.807) is 0 Å². The van der Waals surface area contributed by atoms with Crippen molar-refractivity contribution in [2.75, 3.05) is 44.6 Å². The average molecular weight is 431 g/mol. The fourth-order valence-electron chi connectivity index (χ4n) is 3.82. The number of anilines is 1. The summed E-state index contributed by atoms with van der Waals surface area (Å²) in [5, 5.41) is 6.42. The van der Waals surface area contributed by atoms with E-state index in [9.17, 15) is 9.59 Å². The second-order valence-electron chi connectivity index (χ2n) is 7.47. The van der Waals surface area contributed by atoms with Gasteiger partial charge in [0.25, 0.3) is 0 Å².